The van der Waals surface area contributed by atoms with E-state index in [2.05, 4.69) is 0 Å². The van der Waals surface area contributed by atoms with E-state index >= 15 is 0 Å². The molecule has 1 fully saturated rings. The van der Waals surface area contributed by atoms with Gasteiger partial charge in [-0.1, -0.05) is 23.8 Å². The monoisotopic (exact) mass is 507 g/mol. The second-order valence-corrected chi connectivity index (χ2v) is 8.79. The highest BCUT2D eigenvalue weighted by molar-refractivity contribution is 8.18. The van der Waals surface area contributed by atoms with Crippen LogP contribution in [0.4, 0.5) is 9.18 Å². The third-order valence-corrected chi connectivity index (χ3v) is 6.15. The normalized spacial score (nSPS) is 14.3. The Hall–Kier alpha value is -4.11. The predicted octanol–water partition coefficient (Wildman–Crippen LogP) is 5.48. The number of ether oxygens (including phenoxy) is 3. The summed E-state index contributed by atoms with van der Waals surface area (Å²) in [6.07, 6.45) is 1.57. The number of imide groups is 1. The maximum absolute atomic E-state index is 13.1. The number of carbonyl (C=O) groups excluding carboxylic acids is 3. The Bertz CT molecular complexity index is 1320. The van der Waals surface area contributed by atoms with Gasteiger partial charge in [-0.2, -0.15) is 0 Å². The lowest BCUT2D eigenvalue weighted by atomic mass is 10.1. The SMILES string of the molecule is COc1cc(/C=C2\SC(=O)N(CCOc3ccc(C)cc3)C2=O)ccc1OC(=O)c1ccc(F)cc1. The van der Waals surface area contributed by atoms with E-state index < -0.39 is 17.7 Å². The summed E-state index contributed by atoms with van der Waals surface area (Å²) in [5.74, 6) is -0.472. The first-order chi connectivity index (χ1) is 17.3. The summed E-state index contributed by atoms with van der Waals surface area (Å²) >= 11 is 0.838. The first kappa shape index (κ1) is 25.0. The summed E-state index contributed by atoms with van der Waals surface area (Å²) in [6, 6.07) is 17.2. The van der Waals surface area contributed by atoms with Crippen LogP contribution in [-0.2, 0) is 4.79 Å². The zero-order valence-corrected chi connectivity index (χ0v) is 20.3. The third-order valence-electron chi connectivity index (χ3n) is 5.25. The Morgan fingerprint density at radius 1 is 1.00 bits per heavy atom. The summed E-state index contributed by atoms with van der Waals surface area (Å²) in [6.45, 7) is 2.27. The van der Waals surface area contributed by atoms with Crippen LogP contribution in [0.3, 0.4) is 0 Å². The van der Waals surface area contributed by atoms with Gasteiger partial charge in [0.1, 0.15) is 18.2 Å². The van der Waals surface area contributed by atoms with Crippen LogP contribution >= 0.6 is 11.8 Å². The first-order valence-corrected chi connectivity index (χ1v) is 11.8. The molecular formula is C27H22FNO6S. The molecule has 0 atom stereocenters. The van der Waals surface area contributed by atoms with Crippen LogP contribution in [0.15, 0.2) is 71.6 Å². The van der Waals surface area contributed by atoms with Crippen molar-refractivity contribution in [3.8, 4) is 17.2 Å². The Labute approximate surface area is 211 Å². The van der Waals surface area contributed by atoms with Crippen molar-refractivity contribution in [2.24, 2.45) is 0 Å². The molecule has 0 bridgehead atoms. The number of amides is 2. The number of hydrogen-bond donors (Lipinski definition) is 0. The molecule has 1 saturated heterocycles. The van der Waals surface area contributed by atoms with Gasteiger partial charge in [-0.3, -0.25) is 14.5 Å². The van der Waals surface area contributed by atoms with E-state index in [4.69, 9.17) is 14.2 Å². The Morgan fingerprint density at radius 3 is 2.42 bits per heavy atom. The topological polar surface area (TPSA) is 82.1 Å². The highest BCUT2D eigenvalue weighted by Crippen LogP contribution is 2.34. The van der Waals surface area contributed by atoms with Gasteiger partial charge in [0.2, 0.25) is 0 Å². The number of hydrogen-bond acceptors (Lipinski definition) is 7. The van der Waals surface area contributed by atoms with Gasteiger partial charge < -0.3 is 14.2 Å². The van der Waals surface area contributed by atoms with E-state index in [1.807, 2.05) is 31.2 Å². The molecule has 3 aromatic carbocycles. The first-order valence-electron chi connectivity index (χ1n) is 10.9. The Balaban J connectivity index is 1.41. The molecule has 1 heterocycles. The van der Waals surface area contributed by atoms with Gasteiger partial charge in [0.15, 0.2) is 11.5 Å². The second-order valence-electron chi connectivity index (χ2n) is 7.80. The molecule has 0 aromatic heterocycles. The van der Waals surface area contributed by atoms with Crippen LogP contribution in [0.25, 0.3) is 6.08 Å². The van der Waals surface area contributed by atoms with Crippen LogP contribution in [0.5, 0.6) is 17.2 Å². The van der Waals surface area contributed by atoms with Crippen molar-refractivity contribution in [1.82, 2.24) is 4.90 Å². The average Bonchev–Trinajstić information content (AvgIpc) is 3.13. The molecular weight excluding hydrogens is 485 g/mol. The molecule has 1 aliphatic rings. The fraction of sp³-hybridized carbons (Fsp3) is 0.148. The lowest BCUT2D eigenvalue weighted by Gasteiger charge is -2.13. The van der Waals surface area contributed by atoms with Gasteiger partial charge in [-0.25, -0.2) is 9.18 Å². The minimum Gasteiger partial charge on any atom is -0.493 e. The van der Waals surface area contributed by atoms with E-state index in [0.29, 0.717) is 11.3 Å². The molecule has 2 amide bonds. The number of nitrogens with zero attached hydrogens (tertiary/aromatic N) is 1. The number of carbonyl (C=O) groups is 3. The molecule has 0 N–H and O–H groups in total. The molecule has 184 valence electrons. The fourth-order valence-electron chi connectivity index (χ4n) is 3.34. The van der Waals surface area contributed by atoms with Crippen molar-refractivity contribution in [3.63, 3.8) is 0 Å². The highest BCUT2D eigenvalue weighted by Gasteiger charge is 2.34. The molecule has 1 aliphatic heterocycles. The zero-order valence-electron chi connectivity index (χ0n) is 19.5. The van der Waals surface area contributed by atoms with E-state index in [0.717, 1.165) is 22.2 Å². The summed E-state index contributed by atoms with van der Waals surface area (Å²) in [4.78, 5) is 38.9. The Morgan fingerprint density at radius 2 is 1.72 bits per heavy atom. The van der Waals surface area contributed by atoms with Gasteiger partial charge >= 0.3 is 5.97 Å². The van der Waals surface area contributed by atoms with E-state index in [9.17, 15) is 18.8 Å². The molecule has 4 rings (SSSR count). The van der Waals surface area contributed by atoms with Crippen LogP contribution in [0.1, 0.15) is 21.5 Å². The standard InChI is InChI=1S/C27H22FNO6S/c1-17-3-10-21(11-4-17)34-14-13-29-25(30)24(36-27(29)32)16-18-5-12-22(23(15-18)33-2)35-26(31)19-6-8-20(28)9-7-19/h3-12,15-16H,13-14H2,1-2H3/b24-16-. The van der Waals surface area contributed by atoms with Crippen molar-refractivity contribution in [2.75, 3.05) is 20.3 Å². The number of benzene rings is 3. The molecule has 0 unspecified atom stereocenters. The number of methoxy groups -OCH3 is 1. The lowest BCUT2D eigenvalue weighted by molar-refractivity contribution is -0.123. The zero-order chi connectivity index (χ0) is 25.7. The molecule has 36 heavy (non-hydrogen) atoms. The minimum absolute atomic E-state index is 0.122. The summed E-state index contributed by atoms with van der Waals surface area (Å²) < 4.78 is 29.4. The fourth-order valence-corrected chi connectivity index (χ4v) is 4.20. The van der Waals surface area contributed by atoms with E-state index in [-0.39, 0.29) is 40.4 Å². The smallest absolute Gasteiger partial charge is 0.343 e. The molecule has 0 radical (unpaired) electrons. The average molecular weight is 508 g/mol. The molecule has 3 aromatic rings. The maximum Gasteiger partial charge on any atom is 0.343 e. The third kappa shape index (κ3) is 5.92. The predicted molar refractivity (Wildman–Crippen MR) is 134 cm³/mol. The number of thioether (sulfide) groups is 1. The number of rotatable bonds is 8. The van der Waals surface area contributed by atoms with Crippen molar-refractivity contribution in [2.45, 2.75) is 6.92 Å². The molecule has 0 saturated carbocycles. The maximum atomic E-state index is 13.1. The second kappa shape index (κ2) is 11.1. The number of halogens is 1. The van der Waals surface area contributed by atoms with Gasteiger partial charge in [-0.15, -0.1) is 0 Å². The van der Waals surface area contributed by atoms with E-state index in [1.54, 1.807) is 18.2 Å². The molecule has 9 heteroatoms. The van der Waals surface area contributed by atoms with Crippen molar-refractivity contribution < 1.29 is 33.0 Å². The minimum atomic E-state index is -0.671. The molecule has 0 aliphatic carbocycles. The van der Waals surface area contributed by atoms with Gasteiger partial charge in [0, 0.05) is 0 Å². The van der Waals surface area contributed by atoms with Crippen LogP contribution in [0, 0.1) is 12.7 Å². The van der Waals surface area contributed by atoms with Crippen LogP contribution in [-0.4, -0.2) is 42.3 Å². The quantitative estimate of drug-likeness (QED) is 0.227. The Kier molecular flexibility index (Phi) is 7.70. The number of aryl methyl sites for hydroxylation is 1. The summed E-state index contributed by atoms with van der Waals surface area (Å²) in [7, 11) is 1.41. The number of esters is 1. The largest absolute Gasteiger partial charge is 0.493 e. The van der Waals surface area contributed by atoms with Gasteiger partial charge in [-0.05, 0) is 78.9 Å². The highest BCUT2D eigenvalue weighted by atomic mass is 32.2. The van der Waals surface area contributed by atoms with Crippen molar-refractivity contribution in [1.29, 1.82) is 0 Å². The summed E-state index contributed by atoms with van der Waals surface area (Å²) in [5, 5.41) is -0.379. The van der Waals surface area contributed by atoms with Crippen LogP contribution < -0.4 is 14.2 Å². The lowest BCUT2D eigenvalue weighted by Crippen LogP contribution is -2.32. The van der Waals surface area contributed by atoms with Crippen molar-refractivity contribution in [3.05, 3.63) is 94.1 Å². The molecule has 7 nitrogen and oxygen atoms in total. The van der Waals surface area contributed by atoms with E-state index in [1.165, 1.54) is 37.4 Å². The van der Waals surface area contributed by atoms with Gasteiger partial charge in [0.05, 0.1) is 24.1 Å². The van der Waals surface area contributed by atoms with Crippen molar-refractivity contribution >= 4 is 35.0 Å². The van der Waals surface area contributed by atoms with Crippen LogP contribution in [0.2, 0.25) is 0 Å². The summed E-state index contributed by atoms with van der Waals surface area (Å²) in [5.41, 5.74) is 1.87. The van der Waals surface area contributed by atoms with Gasteiger partial charge in [0.25, 0.3) is 11.1 Å². The molecule has 0 spiro atoms.